The third-order valence-electron chi connectivity index (χ3n) is 5.62. The predicted octanol–water partition coefficient (Wildman–Crippen LogP) is 3.89. The molecule has 0 saturated heterocycles. The van der Waals surface area contributed by atoms with Gasteiger partial charge in [-0.15, -0.1) is 0 Å². The summed E-state index contributed by atoms with van der Waals surface area (Å²) >= 11 is 0. The van der Waals surface area contributed by atoms with E-state index in [1.807, 2.05) is 0 Å². The molecule has 0 radical (unpaired) electrons. The summed E-state index contributed by atoms with van der Waals surface area (Å²) in [5.41, 5.74) is -0.358. The summed E-state index contributed by atoms with van der Waals surface area (Å²) in [5, 5.41) is 13.0. The van der Waals surface area contributed by atoms with Gasteiger partial charge in [-0.1, -0.05) is 13.5 Å². The van der Waals surface area contributed by atoms with Crippen LogP contribution in [0.5, 0.6) is 0 Å². The number of carbonyl (C=O) groups excluding carboxylic acids is 2. The van der Waals surface area contributed by atoms with Crippen LogP contribution in [0, 0.1) is 5.92 Å². The van der Waals surface area contributed by atoms with Crippen LogP contribution in [-0.4, -0.2) is 75.8 Å². The zero-order valence-corrected chi connectivity index (χ0v) is 28.9. The van der Waals surface area contributed by atoms with Gasteiger partial charge in [0.2, 0.25) is 11.5 Å². The summed E-state index contributed by atoms with van der Waals surface area (Å²) in [6.07, 6.45) is 0.662. The highest BCUT2D eigenvalue weighted by atomic mass is 28.4. The SMILES string of the molecule is C=C(C)C(=O)NCC(=O)OC1CC(C(C)[SiH2]C(O[Si](C)(C)C)(O[Si](C)(C)C)O[Si](C)(C)C)CCC1O. The molecule has 36 heavy (non-hydrogen) atoms. The summed E-state index contributed by atoms with van der Waals surface area (Å²) in [7, 11) is -7.10. The van der Waals surface area contributed by atoms with Crippen molar-refractivity contribution in [2.24, 2.45) is 5.92 Å². The molecule has 4 atom stereocenters. The van der Waals surface area contributed by atoms with Crippen LogP contribution in [0.4, 0.5) is 0 Å². The zero-order chi connectivity index (χ0) is 28.1. The highest BCUT2D eigenvalue weighted by Gasteiger charge is 2.47. The van der Waals surface area contributed by atoms with E-state index in [0.717, 1.165) is 6.42 Å². The first-order valence-corrected chi connectivity index (χ1v) is 24.8. The van der Waals surface area contributed by atoms with Crippen LogP contribution < -0.4 is 5.32 Å². The first kappa shape index (κ1) is 33.4. The number of esters is 1. The summed E-state index contributed by atoms with van der Waals surface area (Å²) < 4.78 is 25.9. The Morgan fingerprint density at radius 1 is 1.00 bits per heavy atom. The van der Waals surface area contributed by atoms with Crippen molar-refractivity contribution < 1.29 is 32.7 Å². The largest absolute Gasteiger partial charge is 0.458 e. The lowest BCUT2D eigenvalue weighted by Crippen LogP contribution is -2.60. The molecule has 1 saturated carbocycles. The van der Waals surface area contributed by atoms with Gasteiger partial charge in [-0.2, -0.15) is 0 Å². The maximum Gasteiger partial charge on any atom is 0.325 e. The minimum absolute atomic E-state index is 0.245. The number of carbonyl (C=O) groups is 2. The van der Waals surface area contributed by atoms with Crippen molar-refractivity contribution in [1.29, 1.82) is 0 Å². The molecule has 1 rings (SSSR count). The van der Waals surface area contributed by atoms with Gasteiger partial charge >= 0.3 is 5.97 Å². The number of hydrogen-bond acceptors (Lipinski definition) is 7. The first-order chi connectivity index (χ1) is 16.1. The van der Waals surface area contributed by atoms with E-state index in [4.69, 9.17) is 18.0 Å². The Labute approximate surface area is 224 Å². The molecule has 0 heterocycles. The van der Waals surface area contributed by atoms with Crippen molar-refractivity contribution in [3.63, 3.8) is 0 Å². The van der Waals surface area contributed by atoms with Gasteiger partial charge in [0.05, 0.1) is 6.10 Å². The molecule has 0 spiro atoms. The van der Waals surface area contributed by atoms with E-state index in [9.17, 15) is 14.7 Å². The molecule has 210 valence electrons. The molecule has 2 N–H and O–H groups in total. The van der Waals surface area contributed by atoms with Gasteiger partial charge in [-0.05, 0) is 96.6 Å². The van der Waals surface area contributed by atoms with Gasteiger partial charge in [0, 0.05) is 5.57 Å². The lowest BCUT2D eigenvalue weighted by Gasteiger charge is -2.48. The predicted molar refractivity (Wildman–Crippen MR) is 155 cm³/mol. The number of aliphatic hydroxyl groups excluding tert-OH is 1. The Bertz CT molecular complexity index is 733. The van der Waals surface area contributed by atoms with Crippen molar-refractivity contribution in [2.75, 3.05) is 6.54 Å². The van der Waals surface area contributed by atoms with Gasteiger partial charge in [0.1, 0.15) is 22.2 Å². The van der Waals surface area contributed by atoms with E-state index in [2.05, 4.69) is 77.7 Å². The second-order valence-electron chi connectivity index (χ2n) is 13.1. The second kappa shape index (κ2) is 13.0. The van der Waals surface area contributed by atoms with Crippen LogP contribution in [-0.2, 0) is 27.6 Å². The van der Waals surface area contributed by atoms with Crippen molar-refractivity contribution in [3.05, 3.63) is 12.2 Å². The minimum atomic E-state index is -2.00. The Kier molecular flexibility index (Phi) is 12.0. The number of rotatable bonds is 13. The van der Waals surface area contributed by atoms with E-state index in [0.29, 0.717) is 18.4 Å². The fraction of sp³-hybridized carbons (Fsp3) is 0.833. The average molecular weight is 578 g/mol. The van der Waals surface area contributed by atoms with Crippen LogP contribution in [0.2, 0.25) is 64.5 Å². The molecular formula is C24H51NO7Si4. The lowest BCUT2D eigenvalue weighted by atomic mass is 9.83. The molecule has 0 aliphatic heterocycles. The van der Waals surface area contributed by atoms with E-state index < -0.39 is 64.2 Å². The van der Waals surface area contributed by atoms with Gasteiger partial charge < -0.3 is 28.4 Å². The first-order valence-electron chi connectivity index (χ1n) is 13.0. The van der Waals surface area contributed by atoms with E-state index >= 15 is 0 Å². The van der Waals surface area contributed by atoms with Crippen LogP contribution in [0.1, 0.15) is 33.1 Å². The average Bonchev–Trinajstić information content (AvgIpc) is 2.62. The van der Waals surface area contributed by atoms with Crippen LogP contribution in [0.3, 0.4) is 0 Å². The van der Waals surface area contributed by atoms with Gasteiger partial charge in [0.25, 0.3) is 0 Å². The maximum absolute atomic E-state index is 12.3. The molecular weight excluding hydrogens is 527 g/mol. The van der Waals surface area contributed by atoms with Crippen molar-refractivity contribution in [2.45, 2.75) is 115 Å². The molecule has 1 amide bonds. The van der Waals surface area contributed by atoms with E-state index in [-0.39, 0.29) is 18.0 Å². The van der Waals surface area contributed by atoms with Crippen LogP contribution in [0.25, 0.3) is 0 Å². The molecule has 0 aromatic heterocycles. The monoisotopic (exact) mass is 577 g/mol. The van der Waals surface area contributed by atoms with Gasteiger partial charge in [-0.25, -0.2) is 0 Å². The maximum atomic E-state index is 12.3. The Balaban J connectivity index is 3.04. The molecule has 0 aromatic carbocycles. The van der Waals surface area contributed by atoms with E-state index in [1.165, 1.54) is 0 Å². The normalized spacial score (nSPS) is 22.9. The van der Waals surface area contributed by atoms with Crippen LogP contribution in [0.15, 0.2) is 12.2 Å². The number of hydrogen-bond donors (Lipinski definition) is 2. The fourth-order valence-electron chi connectivity index (χ4n) is 4.45. The zero-order valence-electron chi connectivity index (χ0n) is 24.4. The molecule has 1 fully saturated rings. The highest BCUT2D eigenvalue weighted by molar-refractivity contribution is 6.73. The standard InChI is InChI=1S/C24H51NO7Si4/c1-17(2)23(28)25-16-22(27)29-21-15-19(13-14-20(21)26)18(3)33-24(30-34(4,5)6,31-35(7,8)9)32-36(10,11)12/h18-21,26H,1,13-16,33H2,2-12H3,(H,25,28). The van der Waals surface area contributed by atoms with Crippen molar-refractivity contribution in [3.8, 4) is 0 Å². The highest BCUT2D eigenvalue weighted by Crippen LogP contribution is 2.39. The topological polar surface area (TPSA) is 103 Å². The molecule has 4 unspecified atom stereocenters. The minimum Gasteiger partial charge on any atom is -0.458 e. The Morgan fingerprint density at radius 3 is 1.89 bits per heavy atom. The van der Waals surface area contributed by atoms with Crippen molar-refractivity contribution in [1.82, 2.24) is 5.32 Å². The Morgan fingerprint density at radius 2 is 1.47 bits per heavy atom. The molecule has 1 aliphatic carbocycles. The number of ether oxygens (including phenoxy) is 1. The van der Waals surface area contributed by atoms with E-state index in [1.54, 1.807) is 6.92 Å². The second-order valence-corrected chi connectivity index (χ2v) is 29.0. The summed E-state index contributed by atoms with van der Waals surface area (Å²) in [4.78, 5) is 24.0. The summed E-state index contributed by atoms with van der Waals surface area (Å²) in [5.74, 6) is -0.695. The lowest BCUT2D eigenvalue weighted by molar-refractivity contribution is -0.205. The smallest absolute Gasteiger partial charge is 0.325 e. The fourth-order valence-corrected chi connectivity index (χ4v) is 14.2. The number of amides is 1. The quantitative estimate of drug-likeness (QED) is 0.148. The molecule has 12 heteroatoms. The third kappa shape index (κ3) is 12.8. The third-order valence-corrected chi connectivity index (χ3v) is 11.5. The number of nitrogens with one attached hydrogen (secondary N) is 1. The molecule has 8 nitrogen and oxygen atoms in total. The van der Waals surface area contributed by atoms with Crippen molar-refractivity contribution >= 4 is 46.3 Å². The Hall–Kier alpha value is -0.612. The molecule has 0 bridgehead atoms. The van der Waals surface area contributed by atoms with Gasteiger partial charge in [0.15, 0.2) is 25.0 Å². The van der Waals surface area contributed by atoms with Gasteiger partial charge in [-0.3, -0.25) is 9.59 Å². The van der Waals surface area contributed by atoms with Crippen LogP contribution >= 0.6 is 0 Å². The number of aliphatic hydroxyl groups is 1. The summed E-state index contributed by atoms with van der Waals surface area (Å²) in [6, 6.07) is 0. The molecule has 1 aliphatic rings. The summed E-state index contributed by atoms with van der Waals surface area (Å²) in [6.45, 7) is 26.6. The molecule has 0 aromatic rings.